The molecule has 0 atom stereocenters. The molecule has 0 aliphatic carbocycles. The monoisotopic (exact) mass is 158 g/mol. The van der Waals surface area contributed by atoms with Crippen LogP contribution in [-0.4, -0.2) is 18.4 Å². The van der Waals surface area contributed by atoms with E-state index in [0.29, 0.717) is 13.0 Å². The highest BCUT2D eigenvalue weighted by molar-refractivity contribution is 5.73. The molecule has 0 unspecified atom stereocenters. The first-order valence-electron chi connectivity index (χ1n) is 3.65. The number of amides is 2. The van der Waals surface area contributed by atoms with Crippen molar-refractivity contribution in [2.24, 2.45) is 5.73 Å². The van der Waals surface area contributed by atoms with E-state index in [0.717, 1.165) is 12.8 Å². The number of carbonyl (C=O) groups excluding carboxylic acids is 2. The summed E-state index contributed by atoms with van der Waals surface area (Å²) in [5.74, 6) is -0.322. The summed E-state index contributed by atoms with van der Waals surface area (Å²) in [6, 6.07) is 0. The molecule has 0 radical (unpaired) electrons. The lowest BCUT2D eigenvalue weighted by Gasteiger charge is -1.99. The zero-order valence-electron chi connectivity index (χ0n) is 6.72. The number of primary amides is 1. The van der Waals surface area contributed by atoms with Gasteiger partial charge >= 0.3 is 0 Å². The third-order valence-corrected chi connectivity index (χ3v) is 1.22. The van der Waals surface area contributed by atoms with Gasteiger partial charge in [0.25, 0.3) is 0 Å². The number of hydrogen-bond acceptors (Lipinski definition) is 2. The molecule has 0 aliphatic rings. The Hall–Kier alpha value is -1.06. The summed E-state index contributed by atoms with van der Waals surface area (Å²) in [5.41, 5.74) is 4.91. The Kier molecular flexibility index (Phi) is 5.15. The predicted octanol–water partition coefficient (Wildman–Crippen LogP) is -0.222. The van der Waals surface area contributed by atoms with Crippen molar-refractivity contribution in [2.45, 2.75) is 26.2 Å². The van der Waals surface area contributed by atoms with Crippen molar-refractivity contribution in [3.63, 3.8) is 0 Å². The molecule has 64 valence electrons. The molecule has 0 aromatic heterocycles. The quantitative estimate of drug-likeness (QED) is 0.543. The molecule has 0 heterocycles. The molecule has 0 aliphatic heterocycles. The first-order valence-corrected chi connectivity index (χ1v) is 3.65. The van der Waals surface area contributed by atoms with Crippen LogP contribution in [0, 0.1) is 0 Å². The second-order valence-corrected chi connectivity index (χ2v) is 2.41. The van der Waals surface area contributed by atoms with E-state index >= 15 is 0 Å². The summed E-state index contributed by atoms with van der Waals surface area (Å²) in [7, 11) is 0. The summed E-state index contributed by atoms with van der Waals surface area (Å²) in [6.07, 6.45) is 1.96. The average Bonchev–Trinajstić information content (AvgIpc) is 1.85. The van der Waals surface area contributed by atoms with Crippen LogP contribution in [0.4, 0.5) is 0 Å². The van der Waals surface area contributed by atoms with Crippen molar-refractivity contribution in [3.8, 4) is 0 Å². The van der Waals surface area contributed by atoms with Gasteiger partial charge in [0.05, 0.1) is 0 Å². The van der Waals surface area contributed by atoms with E-state index in [1.807, 2.05) is 0 Å². The molecule has 0 saturated carbocycles. The Morgan fingerprint density at radius 3 is 2.45 bits per heavy atom. The summed E-state index contributed by atoms with van der Waals surface area (Å²) in [5, 5.41) is 2.63. The topological polar surface area (TPSA) is 72.2 Å². The summed E-state index contributed by atoms with van der Waals surface area (Å²) in [6.45, 7) is 2.09. The van der Waals surface area contributed by atoms with Crippen LogP contribution < -0.4 is 11.1 Å². The van der Waals surface area contributed by atoms with Gasteiger partial charge in [-0.05, 0) is 12.8 Å². The van der Waals surface area contributed by atoms with Gasteiger partial charge in [-0.3, -0.25) is 9.59 Å². The van der Waals surface area contributed by atoms with Crippen LogP contribution in [0.2, 0.25) is 0 Å². The lowest BCUT2D eigenvalue weighted by molar-refractivity contribution is -0.119. The molecule has 3 N–H and O–H groups in total. The van der Waals surface area contributed by atoms with Crippen molar-refractivity contribution < 1.29 is 9.59 Å². The maximum atomic E-state index is 10.3. The lowest BCUT2D eigenvalue weighted by atomic mass is 10.2. The highest BCUT2D eigenvalue weighted by atomic mass is 16.1. The van der Waals surface area contributed by atoms with E-state index in [-0.39, 0.29) is 11.8 Å². The molecule has 2 amide bonds. The van der Waals surface area contributed by atoms with Crippen LogP contribution in [0.1, 0.15) is 26.2 Å². The van der Waals surface area contributed by atoms with Gasteiger partial charge in [-0.15, -0.1) is 0 Å². The molecule has 0 spiro atoms. The average molecular weight is 158 g/mol. The lowest BCUT2D eigenvalue weighted by Crippen LogP contribution is -2.21. The zero-order valence-corrected chi connectivity index (χ0v) is 6.72. The SMILES string of the molecule is CC(=O)NCCCCC(N)=O. The Balaban J connectivity index is 3.03. The van der Waals surface area contributed by atoms with Crippen molar-refractivity contribution in [1.29, 1.82) is 0 Å². The van der Waals surface area contributed by atoms with Crippen molar-refractivity contribution >= 4 is 11.8 Å². The van der Waals surface area contributed by atoms with E-state index in [2.05, 4.69) is 5.32 Å². The zero-order chi connectivity index (χ0) is 8.69. The molecular formula is C7H14N2O2. The Morgan fingerprint density at radius 1 is 1.36 bits per heavy atom. The van der Waals surface area contributed by atoms with Crippen LogP contribution >= 0.6 is 0 Å². The molecule has 4 heteroatoms. The summed E-state index contributed by atoms with van der Waals surface area (Å²) >= 11 is 0. The molecule has 0 aromatic rings. The van der Waals surface area contributed by atoms with Gasteiger partial charge in [-0.25, -0.2) is 0 Å². The van der Waals surface area contributed by atoms with Gasteiger partial charge in [-0.2, -0.15) is 0 Å². The fourth-order valence-corrected chi connectivity index (χ4v) is 0.689. The summed E-state index contributed by atoms with van der Waals surface area (Å²) in [4.78, 5) is 20.6. The van der Waals surface area contributed by atoms with Crippen molar-refractivity contribution in [2.75, 3.05) is 6.54 Å². The second kappa shape index (κ2) is 5.70. The van der Waals surface area contributed by atoms with Gasteiger partial charge in [0.1, 0.15) is 0 Å². The fourth-order valence-electron chi connectivity index (χ4n) is 0.689. The predicted molar refractivity (Wildman–Crippen MR) is 41.7 cm³/mol. The molecule has 0 saturated heterocycles. The van der Waals surface area contributed by atoms with Crippen molar-refractivity contribution in [1.82, 2.24) is 5.32 Å². The smallest absolute Gasteiger partial charge is 0.217 e. The molecule has 0 rings (SSSR count). The molecule has 0 aromatic carbocycles. The minimum absolute atomic E-state index is 0.0379. The minimum atomic E-state index is -0.284. The number of nitrogens with two attached hydrogens (primary N) is 1. The van der Waals surface area contributed by atoms with Gasteiger partial charge < -0.3 is 11.1 Å². The fraction of sp³-hybridized carbons (Fsp3) is 0.714. The van der Waals surface area contributed by atoms with Gasteiger partial charge in [-0.1, -0.05) is 0 Å². The van der Waals surface area contributed by atoms with Crippen LogP contribution in [-0.2, 0) is 9.59 Å². The minimum Gasteiger partial charge on any atom is -0.370 e. The van der Waals surface area contributed by atoms with Gasteiger partial charge in [0.15, 0.2) is 0 Å². The number of carbonyl (C=O) groups is 2. The first kappa shape index (κ1) is 9.94. The standard InChI is InChI=1S/C7H14N2O2/c1-6(10)9-5-3-2-4-7(8)11/h2-5H2,1H3,(H2,8,11)(H,9,10). The molecular weight excluding hydrogens is 144 g/mol. The number of rotatable bonds is 5. The Morgan fingerprint density at radius 2 is 2.00 bits per heavy atom. The van der Waals surface area contributed by atoms with E-state index < -0.39 is 0 Å². The first-order chi connectivity index (χ1) is 5.13. The highest BCUT2D eigenvalue weighted by Crippen LogP contribution is 1.91. The number of unbranched alkanes of at least 4 members (excludes halogenated alkanes) is 1. The van der Waals surface area contributed by atoms with Crippen LogP contribution in [0.25, 0.3) is 0 Å². The highest BCUT2D eigenvalue weighted by Gasteiger charge is 1.94. The van der Waals surface area contributed by atoms with Gasteiger partial charge in [0.2, 0.25) is 11.8 Å². The van der Waals surface area contributed by atoms with Gasteiger partial charge in [0, 0.05) is 19.9 Å². The largest absolute Gasteiger partial charge is 0.370 e. The number of hydrogen-bond donors (Lipinski definition) is 2. The van der Waals surface area contributed by atoms with Crippen LogP contribution in [0.15, 0.2) is 0 Å². The molecule has 11 heavy (non-hydrogen) atoms. The van der Waals surface area contributed by atoms with E-state index in [1.54, 1.807) is 0 Å². The third-order valence-electron chi connectivity index (χ3n) is 1.22. The number of nitrogens with one attached hydrogen (secondary N) is 1. The van der Waals surface area contributed by atoms with E-state index in [9.17, 15) is 9.59 Å². The molecule has 4 nitrogen and oxygen atoms in total. The maximum Gasteiger partial charge on any atom is 0.217 e. The maximum absolute atomic E-state index is 10.3. The molecule has 0 fully saturated rings. The van der Waals surface area contributed by atoms with Crippen LogP contribution in [0.3, 0.4) is 0 Å². The third kappa shape index (κ3) is 8.94. The van der Waals surface area contributed by atoms with E-state index in [4.69, 9.17) is 5.73 Å². The van der Waals surface area contributed by atoms with Crippen LogP contribution in [0.5, 0.6) is 0 Å². The Labute approximate surface area is 66.1 Å². The normalized spacial score (nSPS) is 9.18. The summed E-state index contributed by atoms with van der Waals surface area (Å²) < 4.78 is 0. The second-order valence-electron chi connectivity index (χ2n) is 2.41. The molecule has 0 bridgehead atoms. The van der Waals surface area contributed by atoms with Crippen molar-refractivity contribution in [3.05, 3.63) is 0 Å². The Bertz CT molecular complexity index is 129. The van der Waals surface area contributed by atoms with E-state index in [1.165, 1.54) is 6.92 Å².